The van der Waals surface area contributed by atoms with Gasteiger partial charge in [0.25, 0.3) is 5.91 Å². The van der Waals surface area contributed by atoms with Crippen molar-refractivity contribution in [2.45, 2.75) is 0 Å². The average molecular weight is 418 g/mol. The van der Waals surface area contributed by atoms with Gasteiger partial charge in [-0.25, -0.2) is 0 Å². The van der Waals surface area contributed by atoms with Gasteiger partial charge in [-0.2, -0.15) is 0 Å². The molecule has 1 saturated heterocycles. The SMILES string of the molecule is COc1ccccc1-c1ccc(N2CCN(C(=O)c3ccc4c(c3)OCO4)CC2)nn1. The Kier molecular flexibility index (Phi) is 5.03. The van der Waals surface area contributed by atoms with E-state index in [9.17, 15) is 4.79 Å². The molecule has 0 radical (unpaired) electrons. The van der Waals surface area contributed by atoms with Crippen LogP contribution in [0.1, 0.15) is 10.4 Å². The van der Waals surface area contributed by atoms with Gasteiger partial charge in [0.1, 0.15) is 5.75 Å². The first-order valence-corrected chi connectivity index (χ1v) is 10.1. The van der Waals surface area contributed by atoms with E-state index in [0.29, 0.717) is 43.2 Å². The van der Waals surface area contributed by atoms with Crippen LogP contribution in [-0.2, 0) is 0 Å². The molecule has 5 rings (SSSR count). The Bertz CT molecular complexity index is 1090. The van der Waals surface area contributed by atoms with Gasteiger partial charge in [-0.3, -0.25) is 4.79 Å². The maximum absolute atomic E-state index is 12.9. The molecular formula is C23H22N4O4. The topological polar surface area (TPSA) is 77.0 Å². The number of carbonyl (C=O) groups is 1. The monoisotopic (exact) mass is 418 g/mol. The molecule has 0 bridgehead atoms. The summed E-state index contributed by atoms with van der Waals surface area (Å²) in [5.41, 5.74) is 2.28. The molecule has 2 aliphatic rings. The van der Waals surface area contributed by atoms with Crippen LogP contribution >= 0.6 is 0 Å². The van der Waals surface area contributed by atoms with Crippen molar-refractivity contribution >= 4 is 11.7 Å². The van der Waals surface area contributed by atoms with Crippen molar-refractivity contribution in [1.82, 2.24) is 15.1 Å². The van der Waals surface area contributed by atoms with Crippen molar-refractivity contribution in [2.24, 2.45) is 0 Å². The van der Waals surface area contributed by atoms with E-state index >= 15 is 0 Å². The van der Waals surface area contributed by atoms with Crippen LogP contribution in [0, 0.1) is 0 Å². The third kappa shape index (κ3) is 3.72. The zero-order valence-electron chi connectivity index (χ0n) is 17.2. The van der Waals surface area contributed by atoms with Gasteiger partial charge in [0.15, 0.2) is 17.3 Å². The normalized spacial score (nSPS) is 15.1. The van der Waals surface area contributed by atoms with Crippen LogP contribution in [0.2, 0.25) is 0 Å². The maximum atomic E-state index is 12.9. The summed E-state index contributed by atoms with van der Waals surface area (Å²) in [6, 6.07) is 17.0. The zero-order chi connectivity index (χ0) is 21.2. The Labute approximate surface area is 180 Å². The van der Waals surface area contributed by atoms with E-state index in [-0.39, 0.29) is 12.7 Å². The van der Waals surface area contributed by atoms with Crippen molar-refractivity contribution in [3.63, 3.8) is 0 Å². The molecule has 0 N–H and O–H groups in total. The number of hydrogen-bond donors (Lipinski definition) is 0. The fraction of sp³-hybridized carbons (Fsp3) is 0.261. The second-order valence-electron chi connectivity index (χ2n) is 7.32. The highest BCUT2D eigenvalue weighted by molar-refractivity contribution is 5.95. The lowest BCUT2D eigenvalue weighted by molar-refractivity contribution is 0.0746. The summed E-state index contributed by atoms with van der Waals surface area (Å²) in [7, 11) is 1.64. The highest BCUT2D eigenvalue weighted by Crippen LogP contribution is 2.33. The van der Waals surface area contributed by atoms with Gasteiger partial charge in [-0.05, 0) is 42.5 Å². The van der Waals surface area contributed by atoms with Crippen LogP contribution in [-0.4, -0.2) is 61.1 Å². The minimum atomic E-state index is -0.00412. The number of piperazine rings is 1. The van der Waals surface area contributed by atoms with E-state index in [0.717, 1.165) is 22.8 Å². The molecule has 1 amide bonds. The van der Waals surface area contributed by atoms with E-state index in [4.69, 9.17) is 14.2 Å². The van der Waals surface area contributed by atoms with Crippen LogP contribution in [0.4, 0.5) is 5.82 Å². The molecule has 3 aromatic rings. The standard InChI is InChI=1S/C23H22N4O4/c1-29-19-5-3-2-4-17(19)18-7-9-22(25-24-18)26-10-12-27(13-11-26)23(28)16-6-8-20-21(14-16)31-15-30-20/h2-9,14H,10-13,15H2,1H3. The Morgan fingerprint density at radius 3 is 2.52 bits per heavy atom. The zero-order valence-corrected chi connectivity index (χ0v) is 17.2. The van der Waals surface area contributed by atoms with Crippen LogP contribution in [0.3, 0.4) is 0 Å². The summed E-state index contributed by atoms with van der Waals surface area (Å²) in [4.78, 5) is 16.9. The van der Waals surface area contributed by atoms with Crippen molar-refractivity contribution in [3.05, 3.63) is 60.2 Å². The molecule has 8 nitrogen and oxygen atoms in total. The molecule has 0 unspecified atom stereocenters. The van der Waals surface area contributed by atoms with Crippen molar-refractivity contribution < 1.29 is 19.0 Å². The van der Waals surface area contributed by atoms with Crippen molar-refractivity contribution in [3.8, 4) is 28.5 Å². The van der Waals surface area contributed by atoms with Crippen LogP contribution in [0.15, 0.2) is 54.6 Å². The van der Waals surface area contributed by atoms with Gasteiger partial charge in [0.05, 0.1) is 12.8 Å². The number of aromatic nitrogens is 2. The van der Waals surface area contributed by atoms with Gasteiger partial charge in [0.2, 0.25) is 6.79 Å². The van der Waals surface area contributed by atoms with E-state index in [1.807, 2.05) is 41.3 Å². The second-order valence-corrected chi connectivity index (χ2v) is 7.32. The number of rotatable bonds is 4. The summed E-state index contributed by atoms with van der Waals surface area (Å²) in [5, 5.41) is 8.80. The Balaban J connectivity index is 1.24. The van der Waals surface area contributed by atoms with Gasteiger partial charge in [-0.1, -0.05) is 12.1 Å². The summed E-state index contributed by atoms with van der Waals surface area (Å²) in [6.45, 7) is 2.81. The molecule has 0 spiro atoms. The quantitative estimate of drug-likeness (QED) is 0.645. The number of ether oxygens (including phenoxy) is 3. The average Bonchev–Trinajstić information content (AvgIpc) is 3.32. The summed E-state index contributed by atoms with van der Waals surface area (Å²) < 4.78 is 16.1. The first-order valence-electron chi connectivity index (χ1n) is 10.1. The molecule has 2 aliphatic heterocycles. The third-order valence-electron chi connectivity index (χ3n) is 5.54. The Morgan fingerprint density at radius 2 is 1.74 bits per heavy atom. The third-order valence-corrected chi connectivity index (χ3v) is 5.54. The summed E-state index contributed by atoms with van der Waals surface area (Å²) in [5.74, 6) is 2.86. The maximum Gasteiger partial charge on any atom is 0.254 e. The van der Waals surface area contributed by atoms with Crippen molar-refractivity contribution in [2.75, 3.05) is 45.0 Å². The number of fused-ring (bicyclic) bond motifs is 1. The molecular weight excluding hydrogens is 396 g/mol. The lowest BCUT2D eigenvalue weighted by Gasteiger charge is -2.35. The van der Waals surface area contributed by atoms with Crippen LogP contribution in [0.5, 0.6) is 17.2 Å². The highest BCUT2D eigenvalue weighted by atomic mass is 16.7. The largest absolute Gasteiger partial charge is 0.496 e. The smallest absolute Gasteiger partial charge is 0.254 e. The number of methoxy groups -OCH3 is 1. The van der Waals surface area contributed by atoms with Gasteiger partial charge in [-0.15, -0.1) is 10.2 Å². The molecule has 2 aromatic carbocycles. The number of nitrogens with zero attached hydrogens (tertiary/aromatic N) is 4. The molecule has 0 saturated carbocycles. The minimum Gasteiger partial charge on any atom is -0.496 e. The molecule has 8 heteroatoms. The number of amides is 1. The first-order chi connectivity index (χ1) is 15.2. The van der Waals surface area contributed by atoms with E-state index in [1.165, 1.54) is 0 Å². The molecule has 0 atom stereocenters. The molecule has 31 heavy (non-hydrogen) atoms. The van der Waals surface area contributed by atoms with Crippen LogP contribution < -0.4 is 19.1 Å². The summed E-state index contributed by atoms with van der Waals surface area (Å²) >= 11 is 0. The molecule has 1 aromatic heterocycles. The fourth-order valence-corrected chi connectivity index (χ4v) is 3.84. The number of para-hydroxylation sites is 1. The predicted molar refractivity (Wildman–Crippen MR) is 115 cm³/mol. The predicted octanol–water partition coefficient (Wildman–Crippen LogP) is 2.84. The molecule has 158 valence electrons. The van der Waals surface area contributed by atoms with Crippen molar-refractivity contribution in [1.29, 1.82) is 0 Å². The second kappa shape index (κ2) is 8.14. The van der Waals surface area contributed by atoms with Gasteiger partial charge >= 0.3 is 0 Å². The number of hydrogen-bond acceptors (Lipinski definition) is 7. The number of anilines is 1. The lowest BCUT2D eigenvalue weighted by atomic mass is 10.1. The van der Waals surface area contributed by atoms with Crippen LogP contribution in [0.25, 0.3) is 11.3 Å². The molecule has 3 heterocycles. The lowest BCUT2D eigenvalue weighted by Crippen LogP contribution is -2.49. The highest BCUT2D eigenvalue weighted by Gasteiger charge is 2.25. The Morgan fingerprint density at radius 1 is 0.935 bits per heavy atom. The van der Waals surface area contributed by atoms with E-state index in [1.54, 1.807) is 25.3 Å². The number of benzene rings is 2. The Hall–Kier alpha value is -3.81. The van der Waals surface area contributed by atoms with Gasteiger partial charge < -0.3 is 24.0 Å². The fourth-order valence-electron chi connectivity index (χ4n) is 3.84. The number of carbonyl (C=O) groups excluding carboxylic acids is 1. The first kappa shape index (κ1) is 19.2. The van der Waals surface area contributed by atoms with E-state index in [2.05, 4.69) is 15.1 Å². The molecule has 0 aliphatic carbocycles. The minimum absolute atomic E-state index is 0.00412. The summed E-state index contributed by atoms with van der Waals surface area (Å²) in [6.07, 6.45) is 0. The van der Waals surface area contributed by atoms with E-state index < -0.39 is 0 Å². The molecule has 1 fully saturated rings. The van der Waals surface area contributed by atoms with Gasteiger partial charge in [0, 0.05) is 37.3 Å².